The first kappa shape index (κ1) is 11.6. The Hall–Kier alpha value is -0.850. The molecule has 1 aliphatic carbocycles. The molecule has 1 saturated carbocycles. The summed E-state index contributed by atoms with van der Waals surface area (Å²) in [5.74, 6) is 0.790. The van der Waals surface area contributed by atoms with Crippen LogP contribution >= 0.6 is 0 Å². The van der Waals surface area contributed by atoms with Crippen molar-refractivity contribution < 1.29 is 0 Å². The van der Waals surface area contributed by atoms with Gasteiger partial charge in [0.05, 0.1) is 0 Å². The molecule has 0 spiro atoms. The Labute approximate surface area is 99.3 Å². The van der Waals surface area contributed by atoms with Gasteiger partial charge in [-0.2, -0.15) is 0 Å². The van der Waals surface area contributed by atoms with Gasteiger partial charge in [-0.05, 0) is 36.5 Å². The lowest BCUT2D eigenvalue weighted by molar-refractivity contribution is 0.442. The summed E-state index contributed by atoms with van der Waals surface area (Å²) in [5, 5.41) is 0. The summed E-state index contributed by atoms with van der Waals surface area (Å²) in [7, 11) is 0. The fraction of sp³-hybridized carbons (Fsp3) is 0.667. The molecule has 1 aromatic heterocycles. The Bertz CT molecular complexity index is 343. The lowest BCUT2D eigenvalue weighted by Crippen LogP contribution is -2.14. The van der Waals surface area contributed by atoms with Gasteiger partial charge in [-0.3, -0.25) is 4.98 Å². The topological polar surface area (TPSA) is 12.9 Å². The average molecular weight is 217 g/mol. The zero-order chi connectivity index (χ0) is 11.6. The van der Waals surface area contributed by atoms with Crippen LogP contribution in [0.15, 0.2) is 18.3 Å². The molecule has 0 aromatic carbocycles. The molecule has 0 atom stereocenters. The molecule has 1 heterocycles. The molecule has 16 heavy (non-hydrogen) atoms. The van der Waals surface area contributed by atoms with E-state index in [0.717, 1.165) is 5.92 Å². The van der Waals surface area contributed by atoms with Crippen molar-refractivity contribution in [2.75, 3.05) is 0 Å². The van der Waals surface area contributed by atoms with Crippen molar-refractivity contribution in [2.45, 2.75) is 64.2 Å². The minimum absolute atomic E-state index is 0.171. The van der Waals surface area contributed by atoms with Gasteiger partial charge in [0.1, 0.15) is 0 Å². The SMILES string of the molecule is CC(C)(C)c1cc(C2CCCCC2)ccn1. The standard InChI is InChI=1S/C15H23N/c1-15(2,3)14-11-13(9-10-16-14)12-7-5-4-6-8-12/h9-12H,4-8H2,1-3H3. The highest BCUT2D eigenvalue weighted by Crippen LogP contribution is 2.33. The second-order valence-corrected chi connectivity index (χ2v) is 6.06. The molecular weight excluding hydrogens is 194 g/mol. The molecule has 1 fully saturated rings. The van der Waals surface area contributed by atoms with Gasteiger partial charge in [0.25, 0.3) is 0 Å². The molecular formula is C15H23N. The van der Waals surface area contributed by atoms with Crippen LogP contribution in [0.25, 0.3) is 0 Å². The summed E-state index contributed by atoms with van der Waals surface area (Å²) < 4.78 is 0. The monoisotopic (exact) mass is 217 g/mol. The second kappa shape index (κ2) is 4.57. The van der Waals surface area contributed by atoms with Crippen molar-refractivity contribution in [1.82, 2.24) is 4.98 Å². The van der Waals surface area contributed by atoms with E-state index in [9.17, 15) is 0 Å². The molecule has 1 aromatic rings. The molecule has 1 aliphatic rings. The van der Waals surface area contributed by atoms with E-state index in [0.29, 0.717) is 0 Å². The van der Waals surface area contributed by atoms with E-state index in [4.69, 9.17) is 0 Å². The Morgan fingerprint density at radius 2 is 1.81 bits per heavy atom. The highest BCUT2D eigenvalue weighted by Gasteiger charge is 2.19. The maximum absolute atomic E-state index is 4.51. The van der Waals surface area contributed by atoms with Gasteiger partial charge in [-0.15, -0.1) is 0 Å². The Kier molecular flexibility index (Phi) is 3.32. The third-order valence-electron chi connectivity index (χ3n) is 3.63. The molecule has 0 saturated heterocycles. The van der Waals surface area contributed by atoms with E-state index in [1.54, 1.807) is 0 Å². The number of rotatable bonds is 1. The molecule has 0 unspecified atom stereocenters. The van der Waals surface area contributed by atoms with Crippen molar-refractivity contribution in [2.24, 2.45) is 0 Å². The number of hydrogen-bond acceptors (Lipinski definition) is 1. The molecule has 0 N–H and O–H groups in total. The number of aromatic nitrogens is 1. The van der Waals surface area contributed by atoms with Crippen LogP contribution in [-0.2, 0) is 5.41 Å². The van der Waals surface area contributed by atoms with Gasteiger partial charge in [-0.1, -0.05) is 40.0 Å². The molecule has 1 heteroatoms. The molecule has 2 rings (SSSR count). The van der Waals surface area contributed by atoms with Gasteiger partial charge < -0.3 is 0 Å². The summed E-state index contributed by atoms with van der Waals surface area (Å²) in [6.45, 7) is 6.71. The van der Waals surface area contributed by atoms with E-state index in [1.807, 2.05) is 6.20 Å². The van der Waals surface area contributed by atoms with Crippen LogP contribution in [0.1, 0.15) is 70.1 Å². The number of nitrogens with zero attached hydrogens (tertiary/aromatic N) is 1. The molecule has 88 valence electrons. The van der Waals surface area contributed by atoms with Crippen LogP contribution in [-0.4, -0.2) is 4.98 Å². The first-order chi connectivity index (χ1) is 7.57. The lowest BCUT2D eigenvalue weighted by Gasteiger charge is -2.24. The second-order valence-electron chi connectivity index (χ2n) is 6.06. The summed E-state index contributed by atoms with van der Waals surface area (Å²) in [4.78, 5) is 4.51. The van der Waals surface area contributed by atoms with Gasteiger partial charge >= 0.3 is 0 Å². The van der Waals surface area contributed by atoms with E-state index < -0.39 is 0 Å². The highest BCUT2D eigenvalue weighted by molar-refractivity contribution is 5.24. The molecule has 0 aliphatic heterocycles. The smallest absolute Gasteiger partial charge is 0.0459 e. The van der Waals surface area contributed by atoms with Gasteiger partial charge in [0.15, 0.2) is 0 Å². The Balaban J connectivity index is 2.21. The van der Waals surface area contributed by atoms with Crippen molar-refractivity contribution in [3.05, 3.63) is 29.6 Å². The zero-order valence-corrected chi connectivity index (χ0v) is 10.8. The third-order valence-corrected chi connectivity index (χ3v) is 3.63. The summed E-state index contributed by atoms with van der Waals surface area (Å²) in [5.41, 5.74) is 2.92. The van der Waals surface area contributed by atoms with Crippen molar-refractivity contribution in [3.63, 3.8) is 0 Å². The average Bonchev–Trinajstić information content (AvgIpc) is 2.29. The van der Waals surface area contributed by atoms with Gasteiger partial charge in [0.2, 0.25) is 0 Å². The summed E-state index contributed by atoms with van der Waals surface area (Å²) in [6, 6.07) is 4.54. The van der Waals surface area contributed by atoms with Crippen LogP contribution in [0.5, 0.6) is 0 Å². The number of pyridine rings is 1. The first-order valence-corrected chi connectivity index (χ1v) is 6.54. The molecule has 1 nitrogen and oxygen atoms in total. The van der Waals surface area contributed by atoms with Gasteiger partial charge in [0, 0.05) is 17.3 Å². The molecule has 0 amide bonds. The fourth-order valence-electron chi connectivity index (χ4n) is 2.55. The predicted molar refractivity (Wildman–Crippen MR) is 68.8 cm³/mol. The van der Waals surface area contributed by atoms with Crippen LogP contribution in [0.4, 0.5) is 0 Å². The van der Waals surface area contributed by atoms with E-state index in [2.05, 4.69) is 37.9 Å². The van der Waals surface area contributed by atoms with E-state index in [1.165, 1.54) is 43.4 Å². The van der Waals surface area contributed by atoms with Crippen LogP contribution < -0.4 is 0 Å². The Morgan fingerprint density at radius 3 is 2.44 bits per heavy atom. The van der Waals surface area contributed by atoms with Crippen LogP contribution in [0.3, 0.4) is 0 Å². The zero-order valence-electron chi connectivity index (χ0n) is 10.8. The van der Waals surface area contributed by atoms with Crippen molar-refractivity contribution >= 4 is 0 Å². The van der Waals surface area contributed by atoms with Crippen molar-refractivity contribution in [1.29, 1.82) is 0 Å². The largest absolute Gasteiger partial charge is 0.261 e. The van der Waals surface area contributed by atoms with Gasteiger partial charge in [-0.25, -0.2) is 0 Å². The summed E-state index contributed by atoms with van der Waals surface area (Å²) in [6.07, 6.45) is 8.95. The maximum atomic E-state index is 4.51. The summed E-state index contributed by atoms with van der Waals surface area (Å²) >= 11 is 0. The maximum Gasteiger partial charge on any atom is 0.0459 e. The normalized spacial score (nSPS) is 18.7. The van der Waals surface area contributed by atoms with Crippen LogP contribution in [0, 0.1) is 0 Å². The highest BCUT2D eigenvalue weighted by atomic mass is 14.7. The quantitative estimate of drug-likeness (QED) is 0.678. The van der Waals surface area contributed by atoms with E-state index in [-0.39, 0.29) is 5.41 Å². The third kappa shape index (κ3) is 2.63. The first-order valence-electron chi connectivity index (χ1n) is 6.54. The van der Waals surface area contributed by atoms with Crippen LogP contribution in [0.2, 0.25) is 0 Å². The number of hydrogen-bond donors (Lipinski definition) is 0. The minimum atomic E-state index is 0.171. The lowest BCUT2D eigenvalue weighted by atomic mass is 9.82. The van der Waals surface area contributed by atoms with E-state index >= 15 is 0 Å². The molecule has 0 radical (unpaired) electrons. The minimum Gasteiger partial charge on any atom is -0.261 e. The van der Waals surface area contributed by atoms with Crippen molar-refractivity contribution in [3.8, 4) is 0 Å². The molecule has 0 bridgehead atoms. The Morgan fingerprint density at radius 1 is 1.12 bits per heavy atom. The fourth-order valence-corrected chi connectivity index (χ4v) is 2.55. The predicted octanol–water partition coefficient (Wildman–Crippen LogP) is 4.43.